The fourth-order valence-electron chi connectivity index (χ4n) is 2.01. The van der Waals surface area contributed by atoms with Crippen molar-refractivity contribution in [3.8, 4) is 0 Å². The van der Waals surface area contributed by atoms with E-state index in [1.54, 1.807) is 23.9 Å². The lowest BCUT2D eigenvalue weighted by molar-refractivity contribution is -0.117. The van der Waals surface area contributed by atoms with Crippen molar-refractivity contribution in [3.63, 3.8) is 0 Å². The second kappa shape index (κ2) is 6.78. The molecule has 21 heavy (non-hydrogen) atoms. The summed E-state index contributed by atoms with van der Waals surface area (Å²) in [5.74, 6) is 0.596. The zero-order valence-corrected chi connectivity index (χ0v) is 12.8. The molecule has 5 nitrogen and oxygen atoms in total. The highest BCUT2D eigenvalue weighted by atomic mass is 32.2. The monoisotopic (exact) mass is 306 g/mol. The molecule has 0 spiro atoms. The van der Waals surface area contributed by atoms with Gasteiger partial charge in [0, 0.05) is 23.2 Å². The van der Waals surface area contributed by atoms with Crippen molar-refractivity contribution in [1.29, 1.82) is 0 Å². The maximum atomic E-state index is 12.0. The molecule has 0 aliphatic rings. The zero-order valence-electron chi connectivity index (χ0n) is 12.0. The largest absolute Gasteiger partial charge is 0.423 e. The summed E-state index contributed by atoms with van der Waals surface area (Å²) in [4.78, 5) is 23.3. The Hall–Kier alpha value is -1.79. The van der Waals surface area contributed by atoms with Crippen LogP contribution in [-0.4, -0.2) is 24.0 Å². The van der Waals surface area contributed by atoms with Crippen LogP contribution in [0.2, 0.25) is 0 Å². The normalized spacial score (nSPS) is 12.3. The van der Waals surface area contributed by atoms with Gasteiger partial charge in [-0.15, -0.1) is 0 Å². The SMILES string of the molecule is CSCC[C@H](N)C(=O)Nc1ccc2c(C)cc(=O)oc2c1. The minimum Gasteiger partial charge on any atom is -0.423 e. The molecule has 2 aromatic rings. The van der Waals surface area contributed by atoms with Gasteiger partial charge in [0.15, 0.2) is 0 Å². The topological polar surface area (TPSA) is 85.3 Å². The molecule has 0 bridgehead atoms. The van der Waals surface area contributed by atoms with Crippen molar-refractivity contribution in [2.75, 3.05) is 17.3 Å². The Kier molecular flexibility index (Phi) is 5.03. The first kappa shape index (κ1) is 15.6. The van der Waals surface area contributed by atoms with Gasteiger partial charge in [-0.2, -0.15) is 11.8 Å². The van der Waals surface area contributed by atoms with Gasteiger partial charge in [0.25, 0.3) is 0 Å². The van der Waals surface area contributed by atoms with Gasteiger partial charge in [-0.05, 0) is 43.0 Å². The molecule has 0 aliphatic heterocycles. The van der Waals surface area contributed by atoms with Crippen LogP contribution in [0.15, 0.2) is 33.5 Å². The van der Waals surface area contributed by atoms with Gasteiger partial charge in [-0.1, -0.05) is 0 Å². The number of thioether (sulfide) groups is 1. The lowest BCUT2D eigenvalue weighted by Gasteiger charge is -2.12. The standard InChI is InChI=1S/C15H18N2O3S/c1-9-7-14(18)20-13-8-10(3-4-11(9)13)17-15(19)12(16)5-6-21-2/h3-4,7-8,12H,5-6,16H2,1-2H3,(H,17,19)/t12-/m0/s1. The molecule has 6 heteroatoms. The molecule has 2 rings (SSSR count). The van der Waals surface area contributed by atoms with Gasteiger partial charge >= 0.3 is 5.63 Å². The molecule has 0 saturated carbocycles. The summed E-state index contributed by atoms with van der Waals surface area (Å²) >= 11 is 1.65. The molecular formula is C15H18N2O3S. The number of carbonyl (C=O) groups is 1. The Morgan fingerprint density at radius 2 is 2.19 bits per heavy atom. The van der Waals surface area contributed by atoms with E-state index in [0.29, 0.717) is 17.7 Å². The van der Waals surface area contributed by atoms with Gasteiger partial charge < -0.3 is 15.5 Å². The van der Waals surface area contributed by atoms with Crippen molar-refractivity contribution in [2.45, 2.75) is 19.4 Å². The van der Waals surface area contributed by atoms with Crippen LogP contribution in [-0.2, 0) is 4.79 Å². The summed E-state index contributed by atoms with van der Waals surface area (Å²) in [6, 6.07) is 6.13. The summed E-state index contributed by atoms with van der Waals surface area (Å²) in [6.45, 7) is 1.84. The number of anilines is 1. The van der Waals surface area contributed by atoms with Crippen molar-refractivity contribution in [3.05, 3.63) is 40.2 Å². The number of benzene rings is 1. The fourth-order valence-corrected chi connectivity index (χ4v) is 2.50. The first-order chi connectivity index (χ1) is 10.0. The van der Waals surface area contributed by atoms with Crippen molar-refractivity contribution in [2.24, 2.45) is 5.73 Å². The van der Waals surface area contributed by atoms with E-state index in [9.17, 15) is 9.59 Å². The van der Waals surface area contributed by atoms with Crippen molar-refractivity contribution < 1.29 is 9.21 Å². The molecule has 1 amide bonds. The maximum Gasteiger partial charge on any atom is 0.336 e. The number of amides is 1. The van der Waals surface area contributed by atoms with Gasteiger partial charge in [0.1, 0.15) is 5.58 Å². The number of aryl methyl sites for hydroxylation is 1. The fraction of sp³-hybridized carbons (Fsp3) is 0.333. The van der Waals surface area contributed by atoms with Gasteiger partial charge in [0.05, 0.1) is 6.04 Å². The predicted molar refractivity (Wildman–Crippen MR) is 86.8 cm³/mol. The van der Waals surface area contributed by atoms with Gasteiger partial charge in [0.2, 0.25) is 5.91 Å². The Morgan fingerprint density at radius 1 is 1.43 bits per heavy atom. The van der Waals surface area contributed by atoms with E-state index in [-0.39, 0.29) is 5.91 Å². The van der Waals surface area contributed by atoms with E-state index in [4.69, 9.17) is 10.2 Å². The number of nitrogens with two attached hydrogens (primary N) is 1. The Balaban J connectivity index is 2.20. The number of carbonyl (C=O) groups excluding carboxylic acids is 1. The van der Waals surface area contributed by atoms with Crippen molar-refractivity contribution in [1.82, 2.24) is 0 Å². The molecule has 0 unspecified atom stereocenters. The average molecular weight is 306 g/mol. The third-order valence-electron chi connectivity index (χ3n) is 3.19. The number of hydrogen-bond donors (Lipinski definition) is 2. The first-order valence-corrected chi connectivity index (χ1v) is 8.00. The summed E-state index contributed by atoms with van der Waals surface area (Å²) in [7, 11) is 0. The molecule has 0 aliphatic carbocycles. The molecule has 0 fully saturated rings. The molecule has 1 heterocycles. The number of rotatable bonds is 5. The molecule has 1 aromatic heterocycles. The Bertz CT molecular complexity index is 712. The molecule has 0 saturated heterocycles. The maximum absolute atomic E-state index is 12.0. The van der Waals surface area contributed by atoms with Gasteiger partial charge in [-0.25, -0.2) is 4.79 Å². The second-order valence-electron chi connectivity index (χ2n) is 4.84. The van der Waals surface area contributed by atoms with E-state index in [2.05, 4.69) is 5.32 Å². The highest BCUT2D eigenvalue weighted by molar-refractivity contribution is 7.98. The molecule has 1 atom stereocenters. The number of fused-ring (bicyclic) bond motifs is 1. The highest BCUT2D eigenvalue weighted by Crippen LogP contribution is 2.20. The van der Waals surface area contributed by atoms with Crippen LogP contribution >= 0.6 is 11.8 Å². The van der Waals surface area contributed by atoms with E-state index in [0.717, 1.165) is 16.7 Å². The smallest absolute Gasteiger partial charge is 0.336 e. The lowest BCUT2D eigenvalue weighted by Crippen LogP contribution is -2.36. The minimum absolute atomic E-state index is 0.238. The summed E-state index contributed by atoms with van der Waals surface area (Å²) in [6.07, 6.45) is 2.59. The van der Waals surface area contributed by atoms with Gasteiger partial charge in [-0.3, -0.25) is 4.79 Å². The van der Waals surface area contributed by atoms with E-state index in [1.165, 1.54) is 6.07 Å². The number of nitrogens with one attached hydrogen (secondary N) is 1. The van der Waals surface area contributed by atoms with Crippen LogP contribution in [0.25, 0.3) is 11.0 Å². The second-order valence-corrected chi connectivity index (χ2v) is 5.82. The van der Waals surface area contributed by atoms with E-state index in [1.807, 2.05) is 19.2 Å². The minimum atomic E-state index is -0.544. The van der Waals surface area contributed by atoms with E-state index >= 15 is 0 Å². The third kappa shape index (κ3) is 3.86. The average Bonchev–Trinajstić information content (AvgIpc) is 2.44. The van der Waals surface area contributed by atoms with Crippen LogP contribution in [0, 0.1) is 6.92 Å². The van der Waals surface area contributed by atoms with Crippen LogP contribution < -0.4 is 16.7 Å². The molecular weight excluding hydrogens is 288 g/mol. The predicted octanol–water partition coefficient (Wildman–Crippen LogP) is 2.12. The third-order valence-corrected chi connectivity index (χ3v) is 3.83. The Morgan fingerprint density at radius 3 is 2.90 bits per heavy atom. The van der Waals surface area contributed by atoms with Crippen LogP contribution in [0.1, 0.15) is 12.0 Å². The molecule has 1 aromatic carbocycles. The van der Waals surface area contributed by atoms with Crippen molar-refractivity contribution >= 4 is 34.3 Å². The summed E-state index contributed by atoms with van der Waals surface area (Å²) in [5.41, 5.74) is 7.28. The number of hydrogen-bond acceptors (Lipinski definition) is 5. The van der Waals surface area contributed by atoms with Crippen LogP contribution in [0.5, 0.6) is 0 Å². The zero-order chi connectivity index (χ0) is 15.4. The van der Waals surface area contributed by atoms with E-state index < -0.39 is 11.7 Å². The van der Waals surface area contributed by atoms with Crippen LogP contribution in [0.3, 0.4) is 0 Å². The molecule has 112 valence electrons. The Labute approximate surface area is 126 Å². The summed E-state index contributed by atoms with van der Waals surface area (Å²) < 4.78 is 5.15. The molecule has 3 N–H and O–H groups in total. The quantitative estimate of drug-likeness (QED) is 0.826. The van der Waals surface area contributed by atoms with Crippen LogP contribution in [0.4, 0.5) is 5.69 Å². The molecule has 0 radical (unpaired) electrons. The summed E-state index contributed by atoms with van der Waals surface area (Å²) in [5, 5.41) is 3.59. The first-order valence-electron chi connectivity index (χ1n) is 6.61. The lowest BCUT2D eigenvalue weighted by atomic mass is 10.1. The highest BCUT2D eigenvalue weighted by Gasteiger charge is 2.13.